The highest BCUT2D eigenvalue weighted by molar-refractivity contribution is 6.74. The molecule has 1 aliphatic heterocycles. The van der Waals surface area contributed by atoms with Gasteiger partial charge in [-0.2, -0.15) is 5.10 Å². The van der Waals surface area contributed by atoms with E-state index >= 15 is 0 Å². The van der Waals surface area contributed by atoms with Crippen molar-refractivity contribution in [3.8, 4) is 17.0 Å². The van der Waals surface area contributed by atoms with Crippen molar-refractivity contribution >= 4 is 31.9 Å². The normalized spacial score (nSPS) is 15.9. The zero-order valence-electron chi connectivity index (χ0n) is 29.8. The van der Waals surface area contributed by atoms with Gasteiger partial charge in [0.25, 0.3) is 5.91 Å². The Morgan fingerprint density at radius 1 is 1.00 bits per heavy atom. The van der Waals surface area contributed by atoms with Crippen LogP contribution in [0.1, 0.15) is 75.1 Å². The van der Waals surface area contributed by atoms with Crippen molar-refractivity contribution in [3.05, 3.63) is 112 Å². The summed E-state index contributed by atoms with van der Waals surface area (Å²) in [6.07, 6.45) is 3.07. The summed E-state index contributed by atoms with van der Waals surface area (Å²) in [6.45, 7) is 20.9. The Morgan fingerprint density at radius 2 is 1.73 bits per heavy atom. The minimum absolute atomic E-state index is 0.0184. The Bertz CT molecular complexity index is 1770. The van der Waals surface area contributed by atoms with Crippen LogP contribution in [0.25, 0.3) is 17.3 Å². The number of amides is 1. The van der Waals surface area contributed by atoms with Crippen LogP contribution in [0.2, 0.25) is 23.2 Å². The molecular formula is C40H50ClN3O3Si. The number of ether oxygens (including phenoxy) is 1. The fraction of sp³-hybridized carbons (Fsp3) is 0.400. The summed E-state index contributed by atoms with van der Waals surface area (Å²) in [6, 6.07) is 26.2. The lowest BCUT2D eigenvalue weighted by molar-refractivity contribution is 0.0664. The molecule has 1 aromatic heterocycles. The highest BCUT2D eigenvalue weighted by atomic mass is 35.5. The Labute approximate surface area is 292 Å². The van der Waals surface area contributed by atoms with Crippen LogP contribution in [0.4, 0.5) is 0 Å². The molecule has 6 nitrogen and oxygen atoms in total. The van der Waals surface area contributed by atoms with Crippen LogP contribution in [0.5, 0.6) is 5.75 Å². The van der Waals surface area contributed by atoms with Crippen molar-refractivity contribution < 1.29 is 14.0 Å². The molecule has 48 heavy (non-hydrogen) atoms. The summed E-state index contributed by atoms with van der Waals surface area (Å²) in [4.78, 5) is 15.3. The van der Waals surface area contributed by atoms with E-state index in [1.54, 1.807) is 12.1 Å². The molecular weight excluding hydrogens is 634 g/mol. The first kappa shape index (κ1) is 35.6. The molecule has 1 aliphatic rings. The van der Waals surface area contributed by atoms with Crippen molar-refractivity contribution in [2.75, 3.05) is 19.7 Å². The van der Waals surface area contributed by atoms with Crippen molar-refractivity contribution in [2.45, 2.75) is 79.2 Å². The second kappa shape index (κ2) is 14.4. The molecule has 0 unspecified atom stereocenters. The van der Waals surface area contributed by atoms with Gasteiger partial charge in [-0.05, 0) is 91.1 Å². The van der Waals surface area contributed by atoms with Gasteiger partial charge in [-0.3, -0.25) is 9.48 Å². The van der Waals surface area contributed by atoms with Gasteiger partial charge < -0.3 is 14.1 Å². The lowest BCUT2D eigenvalue weighted by Gasteiger charge is -2.40. The smallest absolute Gasteiger partial charge is 0.253 e. The summed E-state index contributed by atoms with van der Waals surface area (Å²) in [5.74, 6) is 0.882. The van der Waals surface area contributed by atoms with Gasteiger partial charge in [0.05, 0.1) is 31.1 Å². The number of hydrogen-bond donors (Lipinski definition) is 0. The molecule has 2 heterocycles. The quantitative estimate of drug-likeness (QED) is 0.156. The molecule has 0 spiro atoms. The Hall–Kier alpha value is -3.65. The molecule has 5 rings (SSSR count). The third-order valence-corrected chi connectivity index (χ3v) is 14.5. The van der Waals surface area contributed by atoms with Gasteiger partial charge in [-0.1, -0.05) is 88.2 Å². The number of benzene rings is 3. The van der Waals surface area contributed by atoms with E-state index < -0.39 is 8.32 Å². The summed E-state index contributed by atoms with van der Waals surface area (Å²) >= 11 is 6.20. The van der Waals surface area contributed by atoms with E-state index in [1.807, 2.05) is 36.1 Å². The number of piperidine rings is 1. The molecule has 0 aliphatic carbocycles. The second-order valence-electron chi connectivity index (χ2n) is 15.0. The minimum atomic E-state index is -1.88. The second-order valence-corrected chi connectivity index (χ2v) is 20.2. The Morgan fingerprint density at radius 3 is 2.40 bits per heavy atom. The number of likely N-dealkylation sites (tertiary alicyclic amines) is 1. The van der Waals surface area contributed by atoms with Crippen LogP contribution >= 0.6 is 11.6 Å². The first-order valence-corrected chi connectivity index (χ1v) is 20.2. The summed E-state index contributed by atoms with van der Waals surface area (Å²) in [5.41, 5.74) is 7.03. The van der Waals surface area contributed by atoms with Crippen molar-refractivity contribution in [3.63, 3.8) is 0 Å². The molecule has 254 valence electrons. The van der Waals surface area contributed by atoms with Gasteiger partial charge >= 0.3 is 0 Å². The van der Waals surface area contributed by atoms with Crippen molar-refractivity contribution in [1.29, 1.82) is 0 Å². The third-order valence-electron chi connectivity index (χ3n) is 9.79. The number of carbonyl (C=O) groups is 1. The van der Waals surface area contributed by atoms with Gasteiger partial charge in [0, 0.05) is 34.7 Å². The highest BCUT2D eigenvalue weighted by Gasteiger charge is 2.37. The molecule has 0 radical (unpaired) electrons. The standard InChI is InChI=1S/C40H50ClN3O3Si/c1-9-46-36-18-16-29(17-19-36)26-44-35(24-33-20-21-43(28-40(33,5)6)38(45)32-14-11-15-34(41)23-32)25-37(42-44)31-13-10-12-30(22-31)27-47-48(7,8)39(2,3)4/h10-19,22-25H,9,20-21,26-28H2,1-8H3/b33-24+. The number of aromatic nitrogens is 2. The molecule has 3 aromatic carbocycles. The fourth-order valence-electron chi connectivity index (χ4n) is 5.82. The molecule has 0 atom stereocenters. The lowest BCUT2D eigenvalue weighted by atomic mass is 9.78. The van der Waals surface area contributed by atoms with E-state index in [0.29, 0.717) is 43.4 Å². The predicted molar refractivity (Wildman–Crippen MR) is 200 cm³/mol. The van der Waals surface area contributed by atoms with Gasteiger partial charge in [0.1, 0.15) is 5.75 Å². The maximum Gasteiger partial charge on any atom is 0.253 e. The molecule has 0 bridgehead atoms. The van der Waals surface area contributed by atoms with E-state index in [-0.39, 0.29) is 16.4 Å². The molecule has 4 aromatic rings. The number of nitrogens with zero attached hydrogens (tertiary/aromatic N) is 3. The van der Waals surface area contributed by atoms with E-state index in [1.165, 1.54) is 5.57 Å². The first-order valence-electron chi connectivity index (χ1n) is 16.9. The maximum absolute atomic E-state index is 13.4. The van der Waals surface area contributed by atoms with Crippen molar-refractivity contribution in [2.24, 2.45) is 5.41 Å². The average molecular weight is 684 g/mol. The predicted octanol–water partition coefficient (Wildman–Crippen LogP) is 10.1. The number of hydrogen-bond acceptors (Lipinski definition) is 4. The van der Waals surface area contributed by atoms with Crippen LogP contribution in [0.3, 0.4) is 0 Å². The number of halogens is 1. The van der Waals surface area contributed by atoms with Gasteiger partial charge in [-0.15, -0.1) is 0 Å². The van der Waals surface area contributed by atoms with E-state index in [0.717, 1.165) is 40.2 Å². The lowest BCUT2D eigenvalue weighted by Crippen LogP contribution is -2.44. The zero-order chi connectivity index (χ0) is 34.7. The maximum atomic E-state index is 13.4. The minimum Gasteiger partial charge on any atom is -0.494 e. The third kappa shape index (κ3) is 8.49. The molecule has 1 fully saturated rings. The molecule has 1 saturated heterocycles. The molecule has 0 N–H and O–H groups in total. The van der Waals surface area contributed by atoms with Gasteiger partial charge in [0.15, 0.2) is 8.32 Å². The Balaban J connectivity index is 1.44. The number of carbonyl (C=O) groups excluding carboxylic acids is 1. The summed E-state index contributed by atoms with van der Waals surface area (Å²) < 4.78 is 14.3. The molecule has 0 saturated carbocycles. The SMILES string of the molecule is CCOc1ccc(Cn2nc(-c3cccc(CO[Si](C)(C)C(C)(C)C)c3)cc2/C=C2\CCN(C(=O)c3cccc(Cl)c3)CC2(C)C)cc1. The molecule has 1 amide bonds. The van der Waals surface area contributed by atoms with E-state index in [9.17, 15) is 4.79 Å². The van der Waals surface area contributed by atoms with Crippen molar-refractivity contribution in [1.82, 2.24) is 14.7 Å². The van der Waals surface area contributed by atoms with Gasteiger partial charge in [0.2, 0.25) is 0 Å². The van der Waals surface area contributed by atoms with Crippen LogP contribution in [-0.2, 0) is 17.6 Å². The van der Waals surface area contributed by atoms with Crippen LogP contribution in [0.15, 0.2) is 84.4 Å². The Kier molecular flexibility index (Phi) is 10.7. The number of rotatable bonds is 10. The van der Waals surface area contributed by atoms with Crippen LogP contribution in [0, 0.1) is 5.41 Å². The van der Waals surface area contributed by atoms with E-state index in [2.05, 4.69) is 101 Å². The van der Waals surface area contributed by atoms with E-state index in [4.69, 9.17) is 25.9 Å². The fourth-order valence-corrected chi connectivity index (χ4v) is 6.97. The van der Waals surface area contributed by atoms with Crippen LogP contribution in [-0.4, -0.2) is 48.6 Å². The summed E-state index contributed by atoms with van der Waals surface area (Å²) in [7, 11) is -1.88. The zero-order valence-corrected chi connectivity index (χ0v) is 31.5. The molecule has 8 heteroatoms. The van der Waals surface area contributed by atoms with Gasteiger partial charge in [-0.25, -0.2) is 0 Å². The first-order chi connectivity index (χ1) is 22.6. The monoisotopic (exact) mass is 683 g/mol. The average Bonchev–Trinajstić information content (AvgIpc) is 3.43. The topological polar surface area (TPSA) is 56.6 Å². The largest absolute Gasteiger partial charge is 0.494 e. The van der Waals surface area contributed by atoms with Crippen LogP contribution < -0.4 is 4.74 Å². The summed E-state index contributed by atoms with van der Waals surface area (Å²) in [5, 5.41) is 5.88. The highest BCUT2D eigenvalue weighted by Crippen LogP contribution is 2.38.